The van der Waals surface area contributed by atoms with Gasteiger partial charge in [-0.2, -0.15) is 0 Å². The number of nitrogens with one attached hydrogen (secondary N) is 3. The molecule has 3 N–H and O–H groups in total. The highest BCUT2D eigenvalue weighted by atomic mass is 16.6. The van der Waals surface area contributed by atoms with Crippen molar-refractivity contribution in [1.82, 2.24) is 20.9 Å². The first-order valence-electron chi connectivity index (χ1n) is 14.4. The molecule has 0 spiro atoms. The number of ketones is 1. The average Bonchev–Trinajstić information content (AvgIpc) is 2.85. The van der Waals surface area contributed by atoms with Crippen molar-refractivity contribution in [2.45, 2.75) is 104 Å². The summed E-state index contributed by atoms with van der Waals surface area (Å²) in [5.41, 5.74) is -0.437. The smallest absolute Gasteiger partial charge is 0.410 e. The molecule has 1 aromatic carbocycles. The van der Waals surface area contributed by atoms with E-state index in [-0.39, 0.29) is 24.2 Å². The summed E-state index contributed by atoms with van der Waals surface area (Å²) < 4.78 is 5.43. The van der Waals surface area contributed by atoms with Gasteiger partial charge in [0.1, 0.15) is 17.7 Å². The third kappa shape index (κ3) is 11.9. The van der Waals surface area contributed by atoms with Gasteiger partial charge in [0.15, 0.2) is 0 Å². The Morgan fingerprint density at radius 1 is 0.902 bits per heavy atom. The lowest BCUT2D eigenvalue weighted by Crippen LogP contribution is -2.57. The Hall–Kier alpha value is -3.43. The van der Waals surface area contributed by atoms with Gasteiger partial charge in [0.2, 0.25) is 17.6 Å². The standard InChI is InChI=1S/C31H48N4O6/c1-20(2)18-24(33-26(37)22-14-16-35(17-15-22)29(40)41-31(6,7)8)27(38)32-23(19-21-12-10-9-11-13-21)25(36)28(39)34-30(3,4)5/h9-13,20,22-24H,14-19H2,1-8H3,(H,32,38)(H,33,37)(H,34,39). The van der Waals surface area contributed by atoms with Crippen LogP contribution in [0.5, 0.6) is 0 Å². The van der Waals surface area contributed by atoms with Crippen molar-refractivity contribution in [2.24, 2.45) is 11.8 Å². The number of nitrogens with zero attached hydrogens (tertiary/aromatic N) is 1. The molecule has 1 aliphatic heterocycles. The van der Waals surface area contributed by atoms with Crippen molar-refractivity contribution in [3.8, 4) is 0 Å². The van der Waals surface area contributed by atoms with Crippen molar-refractivity contribution < 1.29 is 28.7 Å². The second-order valence-corrected chi connectivity index (χ2v) is 13.3. The third-order valence-electron chi connectivity index (χ3n) is 6.49. The lowest BCUT2D eigenvalue weighted by atomic mass is 9.94. The molecule has 0 aliphatic carbocycles. The minimum absolute atomic E-state index is 0.0764. The van der Waals surface area contributed by atoms with Crippen LogP contribution in [0, 0.1) is 11.8 Å². The van der Waals surface area contributed by atoms with Crippen LogP contribution in [-0.2, 0) is 30.3 Å². The normalized spacial score (nSPS) is 16.0. The molecule has 1 aliphatic rings. The molecule has 41 heavy (non-hydrogen) atoms. The van der Waals surface area contributed by atoms with Crippen LogP contribution in [0.3, 0.4) is 0 Å². The van der Waals surface area contributed by atoms with Crippen LogP contribution < -0.4 is 16.0 Å². The molecule has 0 radical (unpaired) electrons. The summed E-state index contributed by atoms with van der Waals surface area (Å²) in [4.78, 5) is 66.6. The number of carbonyl (C=O) groups excluding carboxylic acids is 5. The minimum Gasteiger partial charge on any atom is -0.444 e. The second kappa shape index (κ2) is 14.5. The lowest BCUT2D eigenvalue weighted by Gasteiger charge is -2.33. The van der Waals surface area contributed by atoms with Gasteiger partial charge in [-0.3, -0.25) is 19.2 Å². The lowest BCUT2D eigenvalue weighted by molar-refractivity contribution is -0.141. The molecule has 4 amide bonds. The van der Waals surface area contributed by atoms with Gasteiger partial charge >= 0.3 is 6.09 Å². The van der Waals surface area contributed by atoms with E-state index in [4.69, 9.17) is 4.74 Å². The van der Waals surface area contributed by atoms with Crippen molar-refractivity contribution in [2.75, 3.05) is 13.1 Å². The number of carbonyl (C=O) groups is 5. The first-order valence-corrected chi connectivity index (χ1v) is 14.4. The number of likely N-dealkylation sites (tertiary alicyclic amines) is 1. The Morgan fingerprint density at radius 2 is 1.49 bits per heavy atom. The van der Waals surface area contributed by atoms with Crippen LogP contribution in [0.15, 0.2) is 30.3 Å². The number of piperidine rings is 1. The first kappa shape index (κ1) is 33.8. The van der Waals surface area contributed by atoms with Gasteiger partial charge in [-0.1, -0.05) is 44.2 Å². The zero-order valence-corrected chi connectivity index (χ0v) is 25.8. The van der Waals surface area contributed by atoms with Gasteiger partial charge in [-0.05, 0) is 72.3 Å². The van der Waals surface area contributed by atoms with Gasteiger partial charge in [0.25, 0.3) is 5.91 Å². The van der Waals surface area contributed by atoms with Crippen LogP contribution in [0.4, 0.5) is 4.79 Å². The fourth-order valence-corrected chi connectivity index (χ4v) is 4.54. The van der Waals surface area contributed by atoms with E-state index in [9.17, 15) is 24.0 Å². The summed E-state index contributed by atoms with van der Waals surface area (Å²) in [7, 11) is 0. The monoisotopic (exact) mass is 572 g/mol. The SMILES string of the molecule is CC(C)CC(NC(=O)C1CCN(C(=O)OC(C)(C)C)CC1)C(=O)NC(Cc1ccccc1)C(=O)C(=O)NC(C)(C)C. The van der Waals surface area contributed by atoms with Gasteiger partial charge in [-0.15, -0.1) is 0 Å². The van der Waals surface area contributed by atoms with Crippen LogP contribution in [0.25, 0.3) is 0 Å². The number of benzene rings is 1. The highest BCUT2D eigenvalue weighted by Gasteiger charge is 2.34. The Kier molecular flexibility index (Phi) is 11.9. The first-order chi connectivity index (χ1) is 18.9. The number of hydrogen-bond donors (Lipinski definition) is 3. The number of hydrogen-bond acceptors (Lipinski definition) is 6. The molecular formula is C31H48N4O6. The molecule has 228 valence electrons. The number of Topliss-reactive ketones (excluding diaryl/α,β-unsaturated/α-hetero) is 1. The van der Waals surface area contributed by atoms with Gasteiger partial charge < -0.3 is 25.6 Å². The predicted octanol–water partition coefficient (Wildman–Crippen LogP) is 3.38. The van der Waals surface area contributed by atoms with E-state index in [1.165, 1.54) is 0 Å². The highest BCUT2D eigenvalue weighted by Crippen LogP contribution is 2.21. The topological polar surface area (TPSA) is 134 Å². The Balaban J connectivity index is 2.12. The summed E-state index contributed by atoms with van der Waals surface area (Å²) in [6.45, 7) is 15.4. The van der Waals surface area contributed by atoms with E-state index in [0.29, 0.717) is 32.4 Å². The average molecular weight is 573 g/mol. The van der Waals surface area contributed by atoms with Crippen LogP contribution in [0.1, 0.15) is 80.2 Å². The molecule has 1 heterocycles. The third-order valence-corrected chi connectivity index (χ3v) is 6.49. The zero-order valence-electron chi connectivity index (χ0n) is 25.8. The zero-order chi connectivity index (χ0) is 31.0. The van der Waals surface area contributed by atoms with Crippen molar-refractivity contribution in [3.63, 3.8) is 0 Å². The summed E-state index contributed by atoms with van der Waals surface area (Å²) in [6, 6.07) is 7.15. The minimum atomic E-state index is -1.10. The van der Waals surface area contributed by atoms with E-state index in [0.717, 1.165) is 5.56 Å². The maximum atomic E-state index is 13.5. The van der Waals surface area contributed by atoms with Crippen LogP contribution in [0.2, 0.25) is 0 Å². The molecule has 0 aromatic heterocycles. The van der Waals surface area contributed by atoms with Crippen molar-refractivity contribution >= 4 is 29.6 Å². The molecule has 2 atom stereocenters. The van der Waals surface area contributed by atoms with Crippen molar-refractivity contribution in [3.05, 3.63) is 35.9 Å². The number of amides is 4. The molecular weight excluding hydrogens is 524 g/mol. The van der Waals surface area contributed by atoms with E-state index in [1.807, 2.05) is 44.2 Å². The van der Waals surface area contributed by atoms with Crippen molar-refractivity contribution in [1.29, 1.82) is 0 Å². The van der Waals surface area contributed by atoms with Gasteiger partial charge in [0.05, 0.1) is 0 Å². The Bertz CT molecular complexity index is 1070. The van der Waals surface area contributed by atoms with E-state index < -0.39 is 46.9 Å². The quantitative estimate of drug-likeness (QED) is 0.368. The summed E-state index contributed by atoms with van der Waals surface area (Å²) in [5.74, 6) is -2.61. The Morgan fingerprint density at radius 3 is 2.00 bits per heavy atom. The largest absolute Gasteiger partial charge is 0.444 e. The second-order valence-electron chi connectivity index (χ2n) is 13.3. The summed E-state index contributed by atoms with van der Waals surface area (Å²) in [6.07, 6.45) is 0.980. The molecule has 0 bridgehead atoms. The fourth-order valence-electron chi connectivity index (χ4n) is 4.54. The predicted molar refractivity (Wildman–Crippen MR) is 157 cm³/mol. The van der Waals surface area contributed by atoms with Crippen LogP contribution >= 0.6 is 0 Å². The van der Waals surface area contributed by atoms with Crippen LogP contribution in [-0.4, -0.2) is 70.8 Å². The summed E-state index contributed by atoms with van der Waals surface area (Å²) in [5, 5.41) is 8.31. The molecule has 2 unspecified atom stereocenters. The van der Waals surface area contributed by atoms with E-state index >= 15 is 0 Å². The Labute approximate surface area is 244 Å². The maximum absolute atomic E-state index is 13.5. The van der Waals surface area contributed by atoms with Gasteiger partial charge in [-0.25, -0.2) is 4.79 Å². The van der Waals surface area contributed by atoms with E-state index in [1.54, 1.807) is 46.4 Å². The highest BCUT2D eigenvalue weighted by molar-refractivity contribution is 6.38. The molecule has 1 aromatic rings. The maximum Gasteiger partial charge on any atom is 0.410 e. The molecule has 0 saturated carbocycles. The number of rotatable bonds is 10. The molecule has 1 fully saturated rings. The molecule has 1 saturated heterocycles. The van der Waals surface area contributed by atoms with E-state index in [2.05, 4.69) is 16.0 Å². The summed E-state index contributed by atoms with van der Waals surface area (Å²) >= 11 is 0. The van der Waals surface area contributed by atoms with Gasteiger partial charge in [0, 0.05) is 31.0 Å². The fraction of sp³-hybridized carbons (Fsp3) is 0.645. The number of ether oxygens (including phenoxy) is 1. The molecule has 2 rings (SSSR count). The molecule has 10 heteroatoms. The molecule has 10 nitrogen and oxygen atoms in total.